The van der Waals surface area contributed by atoms with E-state index in [1.54, 1.807) is 7.11 Å². The van der Waals surface area contributed by atoms with Crippen molar-refractivity contribution >= 4 is 5.69 Å². The van der Waals surface area contributed by atoms with Gasteiger partial charge in [-0.25, -0.2) is 0 Å². The van der Waals surface area contributed by atoms with Crippen LogP contribution < -0.4 is 5.32 Å². The molecule has 0 radical (unpaired) electrons. The lowest BCUT2D eigenvalue weighted by Crippen LogP contribution is -2.19. The molecule has 2 nitrogen and oxygen atoms in total. The van der Waals surface area contributed by atoms with E-state index >= 15 is 0 Å². The van der Waals surface area contributed by atoms with Crippen molar-refractivity contribution in [1.29, 1.82) is 0 Å². The Balaban J connectivity index is 2.74. The summed E-state index contributed by atoms with van der Waals surface area (Å²) in [6, 6.07) is 6.42. The number of benzene rings is 1. The summed E-state index contributed by atoms with van der Waals surface area (Å²) in [5.41, 5.74) is 3.94. The summed E-state index contributed by atoms with van der Waals surface area (Å²) in [6.07, 6.45) is 1.31. The van der Waals surface area contributed by atoms with Crippen LogP contribution in [0.2, 0.25) is 0 Å². The highest BCUT2D eigenvalue weighted by Crippen LogP contribution is 2.20. The summed E-state index contributed by atoms with van der Waals surface area (Å²) in [4.78, 5) is 0. The highest BCUT2D eigenvalue weighted by Gasteiger charge is 2.05. The summed E-state index contributed by atoms with van der Waals surface area (Å²) >= 11 is 0. The molecule has 0 aromatic heterocycles. The third-order valence-corrected chi connectivity index (χ3v) is 2.71. The second kappa shape index (κ2) is 5.76. The van der Waals surface area contributed by atoms with E-state index in [0.29, 0.717) is 0 Å². The van der Waals surface area contributed by atoms with Crippen molar-refractivity contribution in [1.82, 2.24) is 0 Å². The monoisotopic (exact) mass is 207 g/mol. The minimum absolute atomic E-state index is 0.245. The topological polar surface area (TPSA) is 21.3 Å². The SMILES string of the molecule is CCc1cccc(C)c1NC[C@H](C)OC. The van der Waals surface area contributed by atoms with Gasteiger partial charge < -0.3 is 10.1 Å². The van der Waals surface area contributed by atoms with Gasteiger partial charge in [-0.2, -0.15) is 0 Å². The maximum Gasteiger partial charge on any atom is 0.0715 e. The smallest absolute Gasteiger partial charge is 0.0715 e. The molecule has 1 rings (SSSR count). The number of anilines is 1. The molecule has 1 aromatic carbocycles. The summed E-state index contributed by atoms with van der Waals surface area (Å²) in [6.45, 7) is 7.24. The summed E-state index contributed by atoms with van der Waals surface area (Å²) in [5.74, 6) is 0. The van der Waals surface area contributed by atoms with Crippen LogP contribution in [0.4, 0.5) is 5.69 Å². The van der Waals surface area contributed by atoms with Crippen LogP contribution in [0.3, 0.4) is 0 Å². The standard InChI is InChI=1S/C13H21NO/c1-5-12-8-6-7-10(2)13(12)14-9-11(3)15-4/h6-8,11,14H,5,9H2,1-4H3/t11-/m0/s1. The highest BCUT2D eigenvalue weighted by atomic mass is 16.5. The molecule has 2 heteroatoms. The Morgan fingerprint density at radius 3 is 2.73 bits per heavy atom. The fourth-order valence-electron chi connectivity index (χ4n) is 1.61. The Morgan fingerprint density at radius 2 is 2.13 bits per heavy atom. The molecule has 0 fully saturated rings. The van der Waals surface area contributed by atoms with Crippen molar-refractivity contribution in [2.75, 3.05) is 19.0 Å². The van der Waals surface area contributed by atoms with Crippen LogP contribution in [0, 0.1) is 6.92 Å². The number of para-hydroxylation sites is 1. The van der Waals surface area contributed by atoms with E-state index in [1.807, 2.05) is 0 Å². The van der Waals surface area contributed by atoms with E-state index in [9.17, 15) is 0 Å². The molecule has 0 aliphatic rings. The van der Waals surface area contributed by atoms with Crippen molar-refractivity contribution in [3.63, 3.8) is 0 Å². The Bertz CT molecular complexity index is 309. The lowest BCUT2D eigenvalue weighted by molar-refractivity contribution is 0.129. The van der Waals surface area contributed by atoms with Crippen molar-refractivity contribution in [3.05, 3.63) is 29.3 Å². The van der Waals surface area contributed by atoms with E-state index in [4.69, 9.17) is 4.74 Å². The first-order valence-corrected chi connectivity index (χ1v) is 5.54. The average Bonchev–Trinajstić information content (AvgIpc) is 2.26. The van der Waals surface area contributed by atoms with Crippen LogP contribution in [0.1, 0.15) is 25.0 Å². The van der Waals surface area contributed by atoms with Gasteiger partial charge in [0, 0.05) is 19.3 Å². The second-order valence-corrected chi connectivity index (χ2v) is 3.89. The molecule has 0 amide bonds. The van der Waals surface area contributed by atoms with Crippen LogP contribution in [0.15, 0.2) is 18.2 Å². The number of methoxy groups -OCH3 is 1. The first-order chi connectivity index (χ1) is 7.19. The van der Waals surface area contributed by atoms with E-state index in [-0.39, 0.29) is 6.10 Å². The van der Waals surface area contributed by atoms with Gasteiger partial charge in [0.05, 0.1) is 6.10 Å². The van der Waals surface area contributed by atoms with Crippen LogP contribution >= 0.6 is 0 Å². The molecule has 0 unspecified atom stereocenters. The Morgan fingerprint density at radius 1 is 1.40 bits per heavy atom. The molecule has 84 valence electrons. The minimum atomic E-state index is 0.245. The zero-order valence-corrected chi connectivity index (χ0v) is 10.1. The van der Waals surface area contributed by atoms with Gasteiger partial charge in [0.15, 0.2) is 0 Å². The zero-order valence-electron chi connectivity index (χ0n) is 10.1. The van der Waals surface area contributed by atoms with E-state index in [1.165, 1.54) is 16.8 Å². The third kappa shape index (κ3) is 3.24. The van der Waals surface area contributed by atoms with Crippen molar-refractivity contribution < 1.29 is 4.74 Å². The van der Waals surface area contributed by atoms with Crippen molar-refractivity contribution in [2.24, 2.45) is 0 Å². The van der Waals surface area contributed by atoms with Crippen molar-refractivity contribution in [3.8, 4) is 0 Å². The Hall–Kier alpha value is -1.02. The van der Waals surface area contributed by atoms with Gasteiger partial charge in [-0.15, -0.1) is 0 Å². The molecular formula is C13H21NO. The largest absolute Gasteiger partial charge is 0.382 e. The van der Waals surface area contributed by atoms with Gasteiger partial charge in [0.25, 0.3) is 0 Å². The van der Waals surface area contributed by atoms with E-state index < -0.39 is 0 Å². The molecule has 15 heavy (non-hydrogen) atoms. The number of ether oxygens (including phenoxy) is 1. The predicted molar refractivity (Wildman–Crippen MR) is 65.5 cm³/mol. The lowest BCUT2D eigenvalue weighted by atomic mass is 10.1. The van der Waals surface area contributed by atoms with E-state index in [0.717, 1.165) is 13.0 Å². The molecular weight excluding hydrogens is 186 g/mol. The normalized spacial score (nSPS) is 12.5. The van der Waals surface area contributed by atoms with Gasteiger partial charge in [0.2, 0.25) is 0 Å². The second-order valence-electron chi connectivity index (χ2n) is 3.89. The average molecular weight is 207 g/mol. The van der Waals surface area contributed by atoms with Gasteiger partial charge in [0.1, 0.15) is 0 Å². The van der Waals surface area contributed by atoms with Crippen LogP contribution in [-0.4, -0.2) is 19.8 Å². The van der Waals surface area contributed by atoms with Gasteiger partial charge >= 0.3 is 0 Å². The Labute approximate surface area is 92.6 Å². The molecule has 0 spiro atoms. The summed E-state index contributed by atoms with van der Waals surface area (Å²) < 4.78 is 5.22. The van der Waals surface area contributed by atoms with Gasteiger partial charge in [-0.3, -0.25) is 0 Å². The van der Waals surface area contributed by atoms with Crippen LogP contribution in [-0.2, 0) is 11.2 Å². The molecule has 1 aromatic rings. The molecule has 0 heterocycles. The number of rotatable bonds is 5. The molecule has 0 saturated heterocycles. The first-order valence-electron chi connectivity index (χ1n) is 5.54. The fraction of sp³-hybridized carbons (Fsp3) is 0.538. The maximum atomic E-state index is 5.22. The Kier molecular flexibility index (Phi) is 4.63. The van der Waals surface area contributed by atoms with Crippen LogP contribution in [0.5, 0.6) is 0 Å². The van der Waals surface area contributed by atoms with Gasteiger partial charge in [-0.1, -0.05) is 25.1 Å². The minimum Gasteiger partial charge on any atom is -0.382 e. The fourth-order valence-corrected chi connectivity index (χ4v) is 1.61. The van der Waals surface area contributed by atoms with Crippen LogP contribution in [0.25, 0.3) is 0 Å². The molecule has 0 aliphatic carbocycles. The van der Waals surface area contributed by atoms with Crippen molar-refractivity contribution in [2.45, 2.75) is 33.3 Å². The third-order valence-electron chi connectivity index (χ3n) is 2.71. The quantitative estimate of drug-likeness (QED) is 0.801. The number of hydrogen-bond acceptors (Lipinski definition) is 2. The highest BCUT2D eigenvalue weighted by molar-refractivity contribution is 5.57. The van der Waals surface area contributed by atoms with Gasteiger partial charge in [-0.05, 0) is 31.4 Å². The molecule has 0 bridgehead atoms. The number of aryl methyl sites for hydroxylation is 2. The summed E-state index contributed by atoms with van der Waals surface area (Å²) in [5, 5.41) is 3.46. The number of nitrogens with one attached hydrogen (secondary N) is 1. The van der Waals surface area contributed by atoms with E-state index in [2.05, 4.69) is 44.3 Å². The number of hydrogen-bond donors (Lipinski definition) is 1. The predicted octanol–water partition coefficient (Wildman–Crippen LogP) is 3.00. The lowest BCUT2D eigenvalue weighted by Gasteiger charge is -2.16. The summed E-state index contributed by atoms with van der Waals surface area (Å²) in [7, 11) is 1.74. The molecule has 0 saturated carbocycles. The first kappa shape index (κ1) is 12.1. The zero-order chi connectivity index (χ0) is 11.3. The maximum absolute atomic E-state index is 5.22. The molecule has 1 atom stereocenters. The molecule has 1 N–H and O–H groups in total. The molecule has 0 aliphatic heterocycles.